The first-order valence-corrected chi connectivity index (χ1v) is 8.91. The van der Waals surface area contributed by atoms with Crippen molar-refractivity contribution in [2.45, 2.75) is 26.8 Å². The molecule has 0 saturated carbocycles. The molecule has 0 atom stereocenters. The molecule has 1 aliphatic heterocycles. The summed E-state index contributed by atoms with van der Waals surface area (Å²) >= 11 is 1.80. The summed E-state index contributed by atoms with van der Waals surface area (Å²) in [5.41, 5.74) is 3.64. The average molecular weight is 335 g/mol. The number of anilines is 1. The van der Waals surface area contributed by atoms with Crippen LogP contribution in [-0.4, -0.2) is 60.0 Å². The maximum absolute atomic E-state index is 5.40. The van der Waals surface area contributed by atoms with E-state index in [1.165, 1.54) is 16.1 Å². The van der Waals surface area contributed by atoms with E-state index in [2.05, 4.69) is 45.9 Å². The van der Waals surface area contributed by atoms with Gasteiger partial charge in [0.2, 0.25) is 0 Å². The van der Waals surface area contributed by atoms with Gasteiger partial charge in [-0.3, -0.25) is 5.10 Å². The minimum atomic E-state index is 0.804. The van der Waals surface area contributed by atoms with Gasteiger partial charge in [-0.1, -0.05) is 0 Å². The highest BCUT2D eigenvalue weighted by Crippen LogP contribution is 2.24. The van der Waals surface area contributed by atoms with Crippen LogP contribution in [0, 0.1) is 13.8 Å². The maximum Gasteiger partial charge on any atom is 0.185 e. The van der Waals surface area contributed by atoms with Crippen LogP contribution in [0.5, 0.6) is 0 Å². The first-order chi connectivity index (χ1) is 11.1. The molecule has 3 heterocycles. The monoisotopic (exact) mass is 335 g/mol. The van der Waals surface area contributed by atoms with Crippen LogP contribution in [0.2, 0.25) is 0 Å². The average Bonchev–Trinajstić information content (AvgIpc) is 3.14. The molecule has 0 spiro atoms. The highest BCUT2D eigenvalue weighted by molar-refractivity contribution is 7.15. The van der Waals surface area contributed by atoms with Gasteiger partial charge in [0.05, 0.1) is 18.9 Å². The number of rotatable bonds is 6. The molecule has 0 aromatic carbocycles. The quantitative estimate of drug-likeness (QED) is 0.875. The molecule has 1 aliphatic rings. The van der Waals surface area contributed by atoms with E-state index in [0.717, 1.165) is 56.6 Å². The summed E-state index contributed by atoms with van der Waals surface area (Å²) in [6.45, 7) is 9.62. The molecule has 1 N–H and O–H groups in total. The largest absolute Gasteiger partial charge is 0.378 e. The van der Waals surface area contributed by atoms with Crippen LogP contribution < -0.4 is 4.90 Å². The predicted molar refractivity (Wildman–Crippen MR) is 93.2 cm³/mol. The lowest BCUT2D eigenvalue weighted by Crippen LogP contribution is -2.36. The van der Waals surface area contributed by atoms with Crippen LogP contribution in [0.4, 0.5) is 5.13 Å². The molecule has 1 saturated heterocycles. The second-order valence-corrected chi connectivity index (χ2v) is 7.20. The van der Waals surface area contributed by atoms with Crippen LogP contribution in [0.25, 0.3) is 0 Å². The van der Waals surface area contributed by atoms with Crippen molar-refractivity contribution in [2.75, 3.05) is 44.8 Å². The molecule has 0 radical (unpaired) electrons. The SMILES string of the molecule is Cc1n[nH]c(C)c1CCN(C)Cc1cnc(N2CCOCC2)s1. The van der Waals surface area contributed by atoms with E-state index < -0.39 is 0 Å². The Kier molecular flexibility index (Phi) is 5.30. The van der Waals surface area contributed by atoms with Gasteiger partial charge in [0.1, 0.15) is 0 Å². The van der Waals surface area contributed by atoms with Crippen LogP contribution in [0.15, 0.2) is 6.20 Å². The summed E-state index contributed by atoms with van der Waals surface area (Å²) in [6.07, 6.45) is 3.04. The summed E-state index contributed by atoms with van der Waals surface area (Å²) in [5.74, 6) is 0. The second-order valence-electron chi connectivity index (χ2n) is 6.11. The smallest absolute Gasteiger partial charge is 0.185 e. The minimum absolute atomic E-state index is 0.804. The number of thiazole rings is 1. The number of hydrogen-bond donors (Lipinski definition) is 1. The van der Waals surface area contributed by atoms with Gasteiger partial charge < -0.3 is 14.5 Å². The number of nitrogens with one attached hydrogen (secondary N) is 1. The van der Waals surface area contributed by atoms with Crippen molar-refractivity contribution in [2.24, 2.45) is 0 Å². The Morgan fingerprint density at radius 3 is 2.83 bits per heavy atom. The topological polar surface area (TPSA) is 57.3 Å². The molecule has 0 amide bonds. The Morgan fingerprint density at radius 2 is 2.13 bits per heavy atom. The van der Waals surface area contributed by atoms with Crippen molar-refractivity contribution in [3.8, 4) is 0 Å². The van der Waals surface area contributed by atoms with Crippen LogP contribution in [0.1, 0.15) is 21.8 Å². The van der Waals surface area contributed by atoms with E-state index in [4.69, 9.17) is 4.74 Å². The van der Waals surface area contributed by atoms with Gasteiger partial charge in [0.25, 0.3) is 0 Å². The van der Waals surface area contributed by atoms with Crippen molar-refractivity contribution in [3.05, 3.63) is 28.0 Å². The second kappa shape index (κ2) is 7.42. The summed E-state index contributed by atoms with van der Waals surface area (Å²) in [7, 11) is 2.17. The number of ether oxygens (including phenoxy) is 1. The standard InChI is InChI=1S/C16H25N5OS/c1-12-15(13(2)19-18-12)4-5-20(3)11-14-10-17-16(23-14)21-6-8-22-9-7-21/h10H,4-9,11H2,1-3H3,(H,18,19). The molecule has 2 aromatic rings. The fraction of sp³-hybridized carbons (Fsp3) is 0.625. The third-order valence-corrected chi connectivity index (χ3v) is 5.32. The Hall–Kier alpha value is -1.44. The molecule has 3 rings (SSSR count). The first kappa shape index (κ1) is 16.4. The molecular formula is C16H25N5OS. The fourth-order valence-electron chi connectivity index (χ4n) is 2.86. The van der Waals surface area contributed by atoms with Crippen LogP contribution >= 0.6 is 11.3 Å². The summed E-state index contributed by atoms with van der Waals surface area (Å²) in [5, 5.41) is 8.45. The number of nitrogens with zero attached hydrogens (tertiary/aromatic N) is 4. The predicted octanol–water partition coefficient (Wildman–Crippen LogP) is 1.99. The minimum Gasteiger partial charge on any atom is -0.378 e. The van der Waals surface area contributed by atoms with E-state index in [-0.39, 0.29) is 0 Å². The van der Waals surface area contributed by atoms with Crippen molar-refractivity contribution in [1.82, 2.24) is 20.1 Å². The number of aromatic nitrogens is 3. The number of aryl methyl sites for hydroxylation is 2. The van der Waals surface area contributed by atoms with Crippen LogP contribution in [-0.2, 0) is 17.7 Å². The Labute approximate surface area is 141 Å². The molecule has 23 heavy (non-hydrogen) atoms. The summed E-state index contributed by atoms with van der Waals surface area (Å²) in [4.78, 5) is 10.6. The molecule has 2 aromatic heterocycles. The normalized spacial score (nSPS) is 15.6. The molecule has 0 aliphatic carbocycles. The molecule has 126 valence electrons. The Balaban J connectivity index is 1.51. The van der Waals surface area contributed by atoms with E-state index in [1.807, 2.05) is 6.20 Å². The zero-order valence-corrected chi connectivity index (χ0v) is 14.9. The van der Waals surface area contributed by atoms with Crippen molar-refractivity contribution in [3.63, 3.8) is 0 Å². The van der Waals surface area contributed by atoms with E-state index in [0.29, 0.717) is 0 Å². The molecule has 6 nitrogen and oxygen atoms in total. The van der Waals surface area contributed by atoms with E-state index in [9.17, 15) is 0 Å². The summed E-state index contributed by atoms with van der Waals surface area (Å²) in [6, 6.07) is 0. The van der Waals surface area contributed by atoms with Gasteiger partial charge in [-0.15, -0.1) is 11.3 Å². The van der Waals surface area contributed by atoms with Crippen molar-refractivity contribution >= 4 is 16.5 Å². The third kappa shape index (κ3) is 4.10. The van der Waals surface area contributed by atoms with Crippen molar-refractivity contribution in [1.29, 1.82) is 0 Å². The van der Waals surface area contributed by atoms with Gasteiger partial charge in [0, 0.05) is 42.9 Å². The number of H-pyrrole nitrogens is 1. The summed E-state index contributed by atoms with van der Waals surface area (Å²) < 4.78 is 5.40. The van der Waals surface area contributed by atoms with Gasteiger partial charge >= 0.3 is 0 Å². The van der Waals surface area contributed by atoms with Crippen molar-refractivity contribution < 1.29 is 4.74 Å². The molecule has 7 heteroatoms. The van der Waals surface area contributed by atoms with E-state index in [1.54, 1.807) is 11.3 Å². The van der Waals surface area contributed by atoms with Gasteiger partial charge in [-0.25, -0.2) is 4.98 Å². The van der Waals surface area contributed by atoms with Gasteiger partial charge in [-0.2, -0.15) is 5.10 Å². The lowest BCUT2D eigenvalue weighted by Gasteiger charge is -2.26. The molecule has 0 unspecified atom stereocenters. The molecule has 1 fully saturated rings. The number of hydrogen-bond acceptors (Lipinski definition) is 6. The fourth-order valence-corrected chi connectivity index (χ4v) is 3.90. The molecular weight excluding hydrogens is 310 g/mol. The van der Waals surface area contributed by atoms with Crippen LogP contribution in [0.3, 0.4) is 0 Å². The highest BCUT2D eigenvalue weighted by atomic mass is 32.1. The Bertz CT molecular complexity index is 613. The Morgan fingerprint density at radius 1 is 1.35 bits per heavy atom. The number of likely N-dealkylation sites (N-methyl/N-ethyl adjacent to an activating group) is 1. The lowest BCUT2D eigenvalue weighted by atomic mass is 10.1. The maximum atomic E-state index is 5.40. The third-order valence-electron chi connectivity index (χ3n) is 4.27. The van der Waals surface area contributed by atoms with Gasteiger partial charge in [0.15, 0.2) is 5.13 Å². The first-order valence-electron chi connectivity index (χ1n) is 8.10. The highest BCUT2D eigenvalue weighted by Gasteiger charge is 2.15. The number of aromatic amines is 1. The zero-order valence-electron chi connectivity index (χ0n) is 14.1. The lowest BCUT2D eigenvalue weighted by molar-refractivity contribution is 0.122. The van der Waals surface area contributed by atoms with E-state index >= 15 is 0 Å². The zero-order chi connectivity index (χ0) is 16.2. The number of morpholine rings is 1. The van der Waals surface area contributed by atoms with Gasteiger partial charge in [-0.05, 0) is 32.9 Å². The molecule has 0 bridgehead atoms.